The average molecular weight is 175 g/mol. The molecule has 0 aliphatic carbocycles. The van der Waals surface area contributed by atoms with E-state index in [4.69, 9.17) is 5.73 Å². The van der Waals surface area contributed by atoms with Crippen LogP contribution in [0.15, 0.2) is 30.9 Å². The quantitative estimate of drug-likeness (QED) is 0.554. The molecule has 1 rings (SSSR count). The Labute approximate surface area is 80.3 Å². The van der Waals surface area contributed by atoms with Crippen molar-refractivity contribution in [2.75, 3.05) is 5.73 Å². The lowest BCUT2D eigenvalue weighted by Crippen LogP contribution is -2.00. The van der Waals surface area contributed by atoms with Gasteiger partial charge in [0.15, 0.2) is 0 Å². The first-order valence-electron chi connectivity index (χ1n) is 4.65. The number of para-hydroxylation sites is 1. The second-order valence-electron chi connectivity index (χ2n) is 3.57. The molecule has 0 saturated carbocycles. The maximum Gasteiger partial charge on any atom is 0.0384 e. The molecule has 0 amide bonds. The summed E-state index contributed by atoms with van der Waals surface area (Å²) in [5.41, 5.74) is 9.37. The molecule has 1 nitrogen and oxygen atoms in total. The lowest BCUT2D eigenvalue weighted by atomic mass is 9.97. The summed E-state index contributed by atoms with van der Waals surface area (Å²) in [6.45, 7) is 8.03. The molecular weight excluding hydrogens is 158 g/mol. The van der Waals surface area contributed by atoms with Crippen molar-refractivity contribution in [2.45, 2.75) is 26.2 Å². The van der Waals surface area contributed by atoms with Gasteiger partial charge >= 0.3 is 0 Å². The predicted octanol–water partition coefficient (Wildman–Crippen LogP) is 3.12. The zero-order valence-corrected chi connectivity index (χ0v) is 8.38. The minimum atomic E-state index is 0.491. The summed E-state index contributed by atoms with van der Waals surface area (Å²) < 4.78 is 0. The maximum atomic E-state index is 6.02. The van der Waals surface area contributed by atoms with Crippen LogP contribution in [0.5, 0.6) is 0 Å². The molecule has 2 N–H and O–H groups in total. The number of benzene rings is 1. The molecule has 0 atom stereocenters. The zero-order valence-electron chi connectivity index (χ0n) is 8.38. The topological polar surface area (TPSA) is 26.0 Å². The van der Waals surface area contributed by atoms with Gasteiger partial charge in [0.1, 0.15) is 0 Å². The van der Waals surface area contributed by atoms with Crippen LogP contribution in [0.25, 0.3) is 0 Å². The van der Waals surface area contributed by atoms with Crippen LogP contribution in [-0.4, -0.2) is 0 Å². The minimum Gasteiger partial charge on any atom is -0.398 e. The van der Waals surface area contributed by atoms with E-state index in [2.05, 4.69) is 38.6 Å². The van der Waals surface area contributed by atoms with Crippen LogP contribution in [-0.2, 0) is 6.42 Å². The van der Waals surface area contributed by atoms with Crippen LogP contribution in [0, 0.1) is 0 Å². The van der Waals surface area contributed by atoms with Crippen LogP contribution < -0.4 is 5.73 Å². The summed E-state index contributed by atoms with van der Waals surface area (Å²) in [6.07, 6.45) is 2.74. The van der Waals surface area contributed by atoms with Crippen LogP contribution >= 0.6 is 0 Å². The smallest absolute Gasteiger partial charge is 0.0384 e. The molecule has 0 bridgehead atoms. The summed E-state index contributed by atoms with van der Waals surface area (Å²) in [5.74, 6) is 0.491. The van der Waals surface area contributed by atoms with Crippen LogP contribution in [0.2, 0.25) is 0 Å². The van der Waals surface area contributed by atoms with Gasteiger partial charge in [-0.25, -0.2) is 0 Å². The van der Waals surface area contributed by atoms with Gasteiger partial charge in [0.05, 0.1) is 0 Å². The fraction of sp³-hybridized carbons (Fsp3) is 0.333. The number of nitrogens with two attached hydrogens (primary N) is 1. The fourth-order valence-corrected chi connectivity index (χ4v) is 1.47. The number of hydrogen-bond acceptors (Lipinski definition) is 1. The van der Waals surface area contributed by atoms with Crippen molar-refractivity contribution >= 4 is 5.69 Å². The van der Waals surface area contributed by atoms with Gasteiger partial charge in [-0.3, -0.25) is 0 Å². The van der Waals surface area contributed by atoms with E-state index in [1.807, 2.05) is 6.08 Å². The van der Waals surface area contributed by atoms with Gasteiger partial charge in [-0.1, -0.05) is 38.1 Å². The van der Waals surface area contributed by atoms with Crippen LogP contribution in [0.3, 0.4) is 0 Å². The lowest BCUT2D eigenvalue weighted by Gasteiger charge is -2.12. The standard InChI is InChI=1S/C12H17N/c1-4-6-10-7-5-8-11(9(2)3)12(10)13/h4-5,7-9H,1,6,13H2,2-3H3. The van der Waals surface area contributed by atoms with E-state index >= 15 is 0 Å². The van der Waals surface area contributed by atoms with Crippen LogP contribution in [0.1, 0.15) is 30.9 Å². The molecule has 1 aromatic carbocycles. The van der Waals surface area contributed by atoms with Gasteiger partial charge in [-0.05, 0) is 23.5 Å². The van der Waals surface area contributed by atoms with Crippen molar-refractivity contribution in [2.24, 2.45) is 0 Å². The summed E-state index contributed by atoms with van der Waals surface area (Å²) >= 11 is 0. The first-order chi connectivity index (χ1) is 6.16. The van der Waals surface area contributed by atoms with Crippen LogP contribution in [0.4, 0.5) is 5.69 Å². The van der Waals surface area contributed by atoms with Crippen molar-refractivity contribution in [3.8, 4) is 0 Å². The SMILES string of the molecule is C=CCc1cccc(C(C)C)c1N. The van der Waals surface area contributed by atoms with E-state index in [0.29, 0.717) is 5.92 Å². The Morgan fingerprint density at radius 1 is 1.46 bits per heavy atom. The first-order valence-corrected chi connectivity index (χ1v) is 4.65. The molecule has 0 fully saturated rings. The molecule has 1 heteroatoms. The molecule has 0 aliphatic heterocycles. The Balaban J connectivity index is 3.10. The molecule has 0 radical (unpaired) electrons. The van der Waals surface area contributed by atoms with Crippen molar-refractivity contribution in [3.63, 3.8) is 0 Å². The molecule has 1 aromatic rings. The second-order valence-corrected chi connectivity index (χ2v) is 3.57. The lowest BCUT2D eigenvalue weighted by molar-refractivity contribution is 0.867. The molecule has 13 heavy (non-hydrogen) atoms. The van der Waals surface area contributed by atoms with Crippen molar-refractivity contribution in [1.29, 1.82) is 0 Å². The second kappa shape index (κ2) is 4.13. The Morgan fingerprint density at radius 3 is 2.69 bits per heavy atom. The maximum absolute atomic E-state index is 6.02. The summed E-state index contributed by atoms with van der Waals surface area (Å²) in [5, 5.41) is 0. The average Bonchev–Trinajstić information content (AvgIpc) is 2.08. The van der Waals surface area contributed by atoms with Gasteiger partial charge in [-0.2, -0.15) is 0 Å². The highest BCUT2D eigenvalue weighted by molar-refractivity contribution is 5.55. The molecule has 0 saturated heterocycles. The van der Waals surface area contributed by atoms with Gasteiger partial charge in [0.2, 0.25) is 0 Å². The highest BCUT2D eigenvalue weighted by Crippen LogP contribution is 2.25. The van der Waals surface area contributed by atoms with E-state index in [9.17, 15) is 0 Å². The van der Waals surface area contributed by atoms with Gasteiger partial charge in [0.25, 0.3) is 0 Å². The van der Waals surface area contributed by atoms with Crippen molar-refractivity contribution < 1.29 is 0 Å². The van der Waals surface area contributed by atoms with Crippen molar-refractivity contribution in [1.82, 2.24) is 0 Å². The fourth-order valence-electron chi connectivity index (χ4n) is 1.47. The van der Waals surface area contributed by atoms with E-state index in [1.165, 1.54) is 11.1 Å². The Bertz CT molecular complexity index is 300. The third-order valence-corrected chi connectivity index (χ3v) is 2.22. The van der Waals surface area contributed by atoms with Gasteiger partial charge in [0, 0.05) is 5.69 Å². The van der Waals surface area contributed by atoms with E-state index in [0.717, 1.165) is 12.1 Å². The summed E-state index contributed by atoms with van der Waals surface area (Å²) in [6, 6.07) is 6.21. The molecule has 0 aromatic heterocycles. The number of anilines is 1. The molecule has 0 unspecified atom stereocenters. The summed E-state index contributed by atoms with van der Waals surface area (Å²) in [7, 11) is 0. The molecule has 0 aliphatic rings. The Morgan fingerprint density at radius 2 is 2.15 bits per heavy atom. The normalized spacial score (nSPS) is 10.4. The summed E-state index contributed by atoms with van der Waals surface area (Å²) in [4.78, 5) is 0. The van der Waals surface area contributed by atoms with E-state index < -0.39 is 0 Å². The molecule has 0 heterocycles. The number of nitrogen functional groups attached to an aromatic ring is 1. The molecular formula is C12H17N. The predicted molar refractivity (Wildman–Crippen MR) is 58.8 cm³/mol. The minimum absolute atomic E-state index is 0.491. The highest BCUT2D eigenvalue weighted by atomic mass is 14.6. The molecule has 0 spiro atoms. The Hall–Kier alpha value is -1.24. The number of rotatable bonds is 3. The first kappa shape index (κ1) is 9.85. The van der Waals surface area contributed by atoms with Gasteiger partial charge < -0.3 is 5.73 Å². The van der Waals surface area contributed by atoms with E-state index in [-0.39, 0.29) is 0 Å². The zero-order chi connectivity index (χ0) is 9.84. The highest BCUT2D eigenvalue weighted by Gasteiger charge is 2.06. The van der Waals surface area contributed by atoms with Gasteiger partial charge in [-0.15, -0.1) is 6.58 Å². The van der Waals surface area contributed by atoms with E-state index in [1.54, 1.807) is 0 Å². The Kier molecular flexibility index (Phi) is 3.13. The largest absolute Gasteiger partial charge is 0.398 e. The third-order valence-electron chi connectivity index (χ3n) is 2.22. The molecule has 70 valence electrons. The monoisotopic (exact) mass is 175 g/mol. The number of hydrogen-bond donors (Lipinski definition) is 1. The third kappa shape index (κ3) is 2.11. The number of allylic oxidation sites excluding steroid dienone is 1. The van der Waals surface area contributed by atoms with Crippen molar-refractivity contribution in [3.05, 3.63) is 42.0 Å².